The van der Waals surface area contributed by atoms with Gasteiger partial charge in [0.2, 0.25) is 0 Å². The van der Waals surface area contributed by atoms with Crippen LogP contribution in [-0.2, 0) is 0 Å². The van der Waals surface area contributed by atoms with Gasteiger partial charge in [0.25, 0.3) is 0 Å². The number of fused-ring (bicyclic) bond motifs is 1. The van der Waals surface area contributed by atoms with E-state index < -0.39 is 0 Å². The first-order valence-electron chi connectivity index (χ1n) is 6.18. The van der Waals surface area contributed by atoms with Crippen LogP contribution in [0.15, 0.2) is 18.3 Å². The van der Waals surface area contributed by atoms with Gasteiger partial charge in [-0.15, -0.1) is 0 Å². The standard InChI is InChI=1S/C13H16ClN3/c14-10-6-7-11-16-12(13(15)17(11)8-10)9-4-2-1-3-5-9/h6-9H,1-5,15H2. The SMILES string of the molecule is Nc1c(C2CCCCC2)nc2ccc(Cl)cn12. The van der Waals surface area contributed by atoms with Gasteiger partial charge in [-0.05, 0) is 25.0 Å². The second-order valence-electron chi connectivity index (χ2n) is 4.79. The van der Waals surface area contributed by atoms with Gasteiger partial charge in [0.05, 0.1) is 10.7 Å². The summed E-state index contributed by atoms with van der Waals surface area (Å²) >= 11 is 5.98. The average molecular weight is 250 g/mol. The normalized spacial score (nSPS) is 17.7. The minimum Gasteiger partial charge on any atom is -0.383 e. The highest BCUT2D eigenvalue weighted by molar-refractivity contribution is 6.30. The Kier molecular flexibility index (Phi) is 2.71. The first-order valence-corrected chi connectivity index (χ1v) is 6.56. The van der Waals surface area contributed by atoms with Crippen molar-refractivity contribution < 1.29 is 0 Å². The molecule has 0 atom stereocenters. The second-order valence-corrected chi connectivity index (χ2v) is 5.23. The molecule has 2 aromatic heterocycles. The quantitative estimate of drug-likeness (QED) is 0.839. The molecule has 0 bridgehead atoms. The Balaban J connectivity index is 2.07. The monoisotopic (exact) mass is 249 g/mol. The van der Waals surface area contributed by atoms with E-state index in [1.165, 1.54) is 32.1 Å². The molecule has 2 heterocycles. The molecule has 1 aliphatic carbocycles. The molecule has 0 radical (unpaired) electrons. The number of anilines is 1. The van der Waals surface area contributed by atoms with Crippen molar-refractivity contribution in [1.82, 2.24) is 9.38 Å². The number of rotatable bonds is 1. The maximum absolute atomic E-state index is 6.18. The molecule has 0 amide bonds. The van der Waals surface area contributed by atoms with Crippen molar-refractivity contribution in [3.8, 4) is 0 Å². The molecule has 0 saturated heterocycles. The molecule has 3 nitrogen and oxygen atoms in total. The summed E-state index contributed by atoms with van der Waals surface area (Å²) in [4.78, 5) is 4.66. The predicted molar refractivity (Wildman–Crippen MR) is 70.4 cm³/mol. The maximum atomic E-state index is 6.18. The fraction of sp³-hybridized carbons (Fsp3) is 0.462. The maximum Gasteiger partial charge on any atom is 0.138 e. The molecule has 2 N–H and O–H groups in total. The van der Waals surface area contributed by atoms with Gasteiger partial charge in [0.1, 0.15) is 11.5 Å². The van der Waals surface area contributed by atoms with E-state index in [1.807, 2.05) is 22.7 Å². The topological polar surface area (TPSA) is 43.3 Å². The smallest absolute Gasteiger partial charge is 0.138 e. The second kappa shape index (κ2) is 4.22. The Bertz CT molecular complexity index is 541. The zero-order valence-corrected chi connectivity index (χ0v) is 10.5. The van der Waals surface area contributed by atoms with Gasteiger partial charge in [-0.2, -0.15) is 0 Å². The molecule has 1 aliphatic rings. The number of nitrogen functional groups attached to an aromatic ring is 1. The summed E-state index contributed by atoms with van der Waals surface area (Å²) in [7, 11) is 0. The third-order valence-corrected chi connectivity index (χ3v) is 3.86. The van der Waals surface area contributed by atoms with E-state index in [-0.39, 0.29) is 0 Å². The van der Waals surface area contributed by atoms with Crippen molar-refractivity contribution in [3.05, 3.63) is 29.0 Å². The Morgan fingerprint density at radius 2 is 2.00 bits per heavy atom. The Labute approximate surface area is 106 Å². The van der Waals surface area contributed by atoms with Gasteiger partial charge in [0, 0.05) is 12.1 Å². The fourth-order valence-electron chi connectivity index (χ4n) is 2.73. The molecule has 4 heteroatoms. The zero-order chi connectivity index (χ0) is 11.8. The van der Waals surface area contributed by atoms with Crippen LogP contribution >= 0.6 is 11.6 Å². The fourth-order valence-corrected chi connectivity index (χ4v) is 2.89. The molecule has 2 aromatic rings. The van der Waals surface area contributed by atoms with Gasteiger partial charge >= 0.3 is 0 Å². The van der Waals surface area contributed by atoms with Gasteiger partial charge in [-0.25, -0.2) is 4.98 Å². The number of nitrogens with zero attached hydrogens (tertiary/aromatic N) is 2. The lowest BCUT2D eigenvalue weighted by Gasteiger charge is -2.20. The number of pyridine rings is 1. The molecule has 0 aromatic carbocycles. The van der Waals surface area contributed by atoms with Crippen LogP contribution in [0.5, 0.6) is 0 Å². The first-order chi connectivity index (χ1) is 8.25. The summed E-state index contributed by atoms with van der Waals surface area (Å²) in [5.74, 6) is 1.29. The van der Waals surface area contributed by atoms with Crippen molar-refractivity contribution in [2.45, 2.75) is 38.0 Å². The van der Waals surface area contributed by atoms with Crippen LogP contribution in [0.2, 0.25) is 5.02 Å². The summed E-state index contributed by atoms with van der Waals surface area (Å²) in [6.07, 6.45) is 8.18. The lowest BCUT2D eigenvalue weighted by molar-refractivity contribution is 0.439. The number of aromatic nitrogens is 2. The van der Waals surface area contributed by atoms with Crippen molar-refractivity contribution in [3.63, 3.8) is 0 Å². The van der Waals surface area contributed by atoms with E-state index in [4.69, 9.17) is 17.3 Å². The minimum atomic E-state index is 0.530. The molecular formula is C13H16ClN3. The van der Waals surface area contributed by atoms with Gasteiger partial charge in [0.15, 0.2) is 0 Å². The van der Waals surface area contributed by atoms with Gasteiger partial charge in [-0.1, -0.05) is 30.9 Å². The molecule has 90 valence electrons. The van der Waals surface area contributed by atoms with Crippen LogP contribution < -0.4 is 5.73 Å². The Hall–Kier alpha value is -1.22. The number of nitrogens with two attached hydrogens (primary N) is 1. The third kappa shape index (κ3) is 1.89. The Morgan fingerprint density at radius 1 is 1.24 bits per heavy atom. The van der Waals surface area contributed by atoms with Gasteiger partial charge < -0.3 is 5.73 Å². The lowest BCUT2D eigenvalue weighted by Crippen LogP contribution is -2.07. The van der Waals surface area contributed by atoms with E-state index in [0.29, 0.717) is 10.9 Å². The van der Waals surface area contributed by atoms with E-state index in [1.54, 1.807) is 0 Å². The van der Waals surface area contributed by atoms with Gasteiger partial charge in [-0.3, -0.25) is 4.40 Å². The highest BCUT2D eigenvalue weighted by Gasteiger charge is 2.21. The van der Waals surface area contributed by atoms with Crippen LogP contribution in [0.3, 0.4) is 0 Å². The minimum absolute atomic E-state index is 0.530. The number of halogens is 1. The summed E-state index contributed by atoms with van der Waals surface area (Å²) < 4.78 is 1.90. The van der Waals surface area contributed by atoms with Crippen LogP contribution in [-0.4, -0.2) is 9.38 Å². The highest BCUT2D eigenvalue weighted by Crippen LogP contribution is 2.35. The third-order valence-electron chi connectivity index (χ3n) is 3.64. The largest absolute Gasteiger partial charge is 0.383 e. The summed E-state index contributed by atoms with van der Waals surface area (Å²) in [6.45, 7) is 0. The van der Waals surface area contributed by atoms with Crippen molar-refractivity contribution in [2.75, 3.05) is 5.73 Å². The molecule has 1 saturated carbocycles. The van der Waals surface area contributed by atoms with E-state index in [0.717, 1.165) is 17.2 Å². The van der Waals surface area contributed by atoms with Crippen LogP contribution in [0.1, 0.15) is 43.7 Å². The molecule has 17 heavy (non-hydrogen) atoms. The molecule has 3 rings (SSSR count). The number of hydrogen-bond acceptors (Lipinski definition) is 2. The summed E-state index contributed by atoms with van der Waals surface area (Å²) in [5, 5.41) is 0.691. The highest BCUT2D eigenvalue weighted by atomic mass is 35.5. The van der Waals surface area contributed by atoms with E-state index >= 15 is 0 Å². The van der Waals surface area contributed by atoms with Crippen LogP contribution in [0.25, 0.3) is 5.65 Å². The van der Waals surface area contributed by atoms with E-state index in [2.05, 4.69) is 4.98 Å². The molecular weight excluding hydrogens is 234 g/mol. The molecule has 0 unspecified atom stereocenters. The zero-order valence-electron chi connectivity index (χ0n) is 9.69. The summed E-state index contributed by atoms with van der Waals surface area (Å²) in [5.41, 5.74) is 8.14. The van der Waals surface area contributed by atoms with Crippen LogP contribution in [0, 0.1) is 0 Å². The molecule has 1 fully saturated rings. The Morgan fingerprint density at radius 3 is 2.76 bits per heavy atom. The van der Waals surface area contributed by atoms with E-state index in [9.17, 15) is 0 Å². The molecule has 0 aliphatic heterocycles. The average Bonchev–Trinajstić information content (AvgIpc) is 2.68. The van der Waals surface area contributed by atoms with Crippen molar-refractivity contribution >= 4 is 23.1 Å². The lowest BCUT2D eigenvalue weighted by atomic mass is 9.87. The first kappa shape index (κ1) is 10.9. The predicted octanol–water partition coefficient (Wildman–Crippen LogP) is 3.62. The number of hydrogen-bond donors (Lipinski definition) is 1. The van der Waals surface area contributed by atoms with Crippen molar-refractivity contribution in [2.24, 2.45) is 0 Å². The van der Waals surface area contributed by atoms with Crippen molar-refractivity contribution in [1.29, 1.82) is 0 Å². The van der Waals surface area contributed by atoms with Crippen LogP contribution in [0.4, 0.5) is 5.82 Å². The summed E-state index contributed by atoms with van der Waals surface area (Å²) in [6, 6.07) is 3.78. The number of imidazole rings is 1. The molecule has 0 spiro atoms.